The molecule has 2 heterocycles. The quantitative estimate of drug-likeness (QED) is 0.435. The Morgan fingerprint density at radius 2 is 1.76 bits per heavy atom. The van der Waals surface area contributed by atoms with Crippen molar-refractivity contribution in [3.8, 4) is 0 Å². The second-order valence-corrected chi connectivity index (χ2v) is 9.50. The van der Waals surface area contributed by atoms with Crippen LogP contribution in [0.25, 0.3) is 5.57 Å². The van der Waals surface area contributed by atoms with E-state index in [-0.39, 0.29) is 6.04 Å². The zero-order valence-electron chi connectivity index (χ0n) is 22.5. The Morgan fingerprint density at radius 1 is 1.05 bits per heavy atom. The number of benzene rings is 2. The molecule has 4 rings (SSSR count). The van der Waals surface area contributed by atoms with Crippen LogP contribution in [-0.4, -0.2) is 87.4 Å². The molecule has 1 unspecified atom stereocenters. The monoisotopic (exact) mass is 528 g/mol. The van der Waals surface area contributed by atoms with Crippen LogP contribution >= 0.6 is 11.6 Å². The number of hydrogen-bond donors (Lipinski definition) is 1. The number of nitrogen functional groups attached to an aromatic ring is 1. The topological polar surface area (TPSA) is 79.1 Å². The third kappa shape index (κ3) is 9.59. The molecule has 8 heteroatoms. The number of nitrogens with two attached hydrogens (primary N) is 1. The average Bonchev–Trinajstić information content (AvgIpc) is 2.95. The second kappa shape index (κ2) is 16.2. The molecule has 2 aliphatic rings. The van der Waals surface area contributed by atoms with Crippen molar-refractivity contribution >= 4 is 35.6 Å². The Balaban J connectivity index is 0.000000306. The highest BCUT2D eigenvalue weighted by molar-refractivity contribution is 6.30. The molecule has 2 aromatic rings. The lowest BCUT2D eigenvalue weighted by Gasteiger charge is -2.32. The van der Waals surface area contributed by atoms with E-state index in [1.807, 2.05) is 31.2 Å². The fourth-order valence-corrected chi connectivity index (χ4v) is 4.35. The molecule has 1 fully saturated rings. The van der Waals surface area contributed by atoms with Gasteiger partial charge in [-0.2, -0.15) is 0 Å². The molecule has 1 amide bonds. The van der Waals surface area contributed by atoms with Crippen molar-refractivity contribution in [1.29, 1.82) is 0 Å². The summed E-state index contributed by atoms with van der Waals surface area (Å²) >= 11 is 6.10. The maximum absolute atomic E-state index is 11.4. The van der Waals surface area contributed by atoms with Gasteiger partial charge in [0.1, 0.15) is 6.29 Å². The van der Waals surface area contributed by atoms with E-state index in [0.717, 1.165) is 36.0 Å². The molecule has 0 aliphatic carbocycles. The van der Waals surface area contributed by atoms with Gasteiger partial charge in [-0.1, -0.05) is 42.8 Å². The SMILES string of the molecule is CCN1CCN(C)CC1.CCOC.Nc1ccc(Cl)cc1C1=CC(c2cccc(C=O)c2)N(C=O)CC1. The highest BCUT2D eigenvalue weighted by Gasteiger charge is 2.24. The molecule has 0 spiro atoms. The number of carbonyl (C=O) groups is 2. The first-order valence-electron chi connectivity index (χ1n) is 12.8. The van der Waals surface area contributed by atoms with Crippen molar-refractivity contribution < 1.29 is 14.3 Å². The van der Waals surface area contributed by atoms with Gasteiger partial charge in [-0.05, 0) is 62.3 Å². The van der Waals surface area contributed by atoms with E-state index in [0.29, 0.717) is 29.2 Å². The van der Waals surface area contributed by atoms with E-state index in [4.69, 9.17) is 17.3 Å². The van der Waals surface area contributed by atoms with E-state index in [9.17, 15) is 9.59 Å². The molecule has 2 aliphatic heterocycles. The van der Waals surface area contributed by atoms with Gasteiger partial charge in [0.05, 0.1) is 6.04 Å². The largest absolute Gasteiger partial charge is 0.398 e. The average molecular weight is 529 g/mol. The summed E-state index contributed by atoms with van der Waals surface area (Å²) in [6, 6.07) is 12.4. The van der Waals surface area contributed by atoms with Crippen LogP contribution in [-0.2, 0) is 9.53 Å². The number of anilines is 1. The fourth-order valence-electron chi connectivity index (χ4n) is 4.18. The summed E-state index contributed by atoms with van der Waals surface area (Å²) in [5, 5.41) is 0.623. The van der Waals surface area contributed by atoms with Crippen LogP contribution in [0.2, 0.25) is 5.02 Å². The zero-order valence-corrected chi connectivity index (χ0v) is 23.3. The van der Waals surface area contributed by atoms with Crippen LogP contribution in [0.4, 0.5) is 5.69 Å². The van der Waals surface area contributed by atoms with Crippen molar-refractivity contribution in [3.05, 3.63) is 70.3 Å². The first-order valence-corrected chi connectivity index (χ1v) is 13.2. The highest BCUT2D eigenvalue weighted by atomic mass is 35.5. The van der Waals surface area contributed by atoms with Crippen molar-refractivity contribution in [3.63, 3.8) is 0 Å². The summed E-state index contributed by atoms with van der Waals surface area (Å²) in [5.74, 6) is 0. The second-order valence-electron chi connectivity index (χ2n) is 9.06. The minimum Gasteiger partial charge on any atom is -0.398 e. The highest BCUT2D eigenvalue weighted by Crippen LogP contribution is 2.35. The molecular formula is C29H41ClN4O3. The normalized spacial score (nSPS) is 18.0. The minimum atomic E-state index is -0.232. The number of likely N-dealkylation sites (N-methyl/N-ethyl adjacent to an activating group) is 2. The molecule has 7 nitrogen and oxygen atoms in total. The Morgan fingerprint density at radius 3 is 2.35 bits per heavy atom. The number of amides is 1. The lowest BCUT2D eigenvalue weighted by atomic mass is 9.91. The van der Waals surface area contributed by atoms with Crippen LogP contribution < -0.4 is 5.73 Å². The predicted octanol–water partition coefficient (Wildman–Crippen LogP) is 4.63. The van der Waals surface area contributed by atoms with Crippen LogP contribution in [0, 0.1) is 0 Å². The van der Waals surface area contributed by atoms with Crippen molar-refractivity contribution in [2.45, 2.75) is 26.3 Å². The zero-order chi connectivity index (χ0) is 27.2. The Bertz CT molecular complexity index is 1020. The molecule has 0 aromatic heterocycles. The van der Waals surface area contributed by atoms with Gasteiger partial charge < -0.3 is 25.2 Å². The van der Waals surface area contributed by atoms with E-state index in [2.05, 4.69) is 28.5 Å². The van der Waals surface area contributed by atoms with Gasteiger partial charge in [0.2, 0.25) is 6.41 Å². The number of aldehydes is 1. The van der Waals surface area contributed by atoms with Gasteiger partial charge in [0.25, 0.3) is 0 Å². The molecule has 37 heavy (non-hydrogen) atoms. The van der Waals surface area contributed by atoms with E-state index < -0.39 is 0 Å². The molecule has 2 aromatic carbocycles. The third-order valence-corrected chi connectivity index (χ3v) is 6.81. The molecule has 1 atom stereocenters. The van der Waals surface area contributed by atoms with Gasteiger partial charge in [-0.25, -0.2) is 0 Å². The smallest absolute Gasteiger partial charge is 0.210 e. The maximum Gasteiger partial charge on any atom is 0.210 e. The third-order valence-electron chi connectivity index (χ3n) is 6.57. The lowest BCUT2D eigenvalue weighted by Crippen LogP contribution is -2.44. The van der Waals surface area contributed by atoms with Crippen LogP contribution in [0.1, 0.15) is 47.8 Å². The molecule has 0 radical (unpaired) electrons. The number of methoxy groups -OCH3 is 1. The van der Waals surface area contributed by atoms with Gasteiger partial charge in [-0.15, -0.1) is 0 Å². The molecule has 0 saturated carbocycles. The maximum atomic E-state index is 11.4. The van der Waals surface area contributed by atoms with Crippen molar-refractivity contribution in [1.82, 2.24) is 14.7 Å². The first kappa shape index (κ1) is 30.5. The van der Waals surface area contributed by atoms with Crippen LogP contribution in [0.5, 0.6) is 0 Å². The number of hydrogen-bond acceptors (Lipinski definition) is 6. The number of nitrogens with zero attached hydrogens (tertiary/aromatic N) is 3. The van der Waals surface area contributed by atoms with Gasteiger partial charge in [-0.3, -0.25) is 9.59 Å². The van der Waals surface area contributed by atoms with E-state index >= 15 is 0 Å². The molecular weight excluding hydrogens is 488 g/mol. The number of halogens is 1. The Kier molecular flexibility index (Phi) is 13.4. The summed E-state index contributed by atoms with van der Waals surface area (Å²) < 4.78 is 4.54. The van der Waals surface area contributed by atoms with Crippen molar-refractivity contribution in [2.24, 2.45) is 0 Å². The summed E-state index contributed by atoms with van der Waals surface area (Å²) in [4.78, 5) is 29.1. The Labute approximate surface area is 226 Å². The predicted molar refractivity (Wildman–Crippen MR) is 153 cm³/mol. The van der Waals surface area contributed by atoms with Gasteiger partial charge in [0.15, 0.2) is 0 Å². The standard InChI is InChI=1S/C19H17ClN2O2.C7H16N2.C3H8O/c20-16-4-5-18(21)17(10-16)14-6-7-22(12-24)19(9-14)15-3-1-2-13(8-15)11-23;1-3-9-6-4-8(2)5-7-9;1-3-4-2/h1-5,8-12,19H,6-7,21H2;3-7H2,1-2H3;3H2,1-2H3. The summed E-state index contributed by atoms with van der Waals surface area (Å²) in [5.41, 5.74) is 10.2. The summed E-state index contributed by atoms with van der Waals surface area (Å²) in [7, 11) is 3.87. The molecule has 202 valence electrons. The van der Waals surface area contributed by atoms with E-state index in [1.165, 1.54) is 32.7 Å². The lowest BCUT2D eigenvalue weighted by molar-refractivity contribution is -0.119. The number of carbonyl (C=O) groups excluding carboxylic acids is 2. The minimum absolute atomic E-state index is 0.232. The van der Waals surface area contributed by atoms with Crippen molar-refractivity contribution in [2.75, 3.05) is 65.8 Å². The number of rotatable bonds is 6. The van der Waals surface area contributed by atoms with E-state index in [1.54, 1.807) is 36.3 Å². The van der Waals surface area contributed by atoms with Crippen LogP contribution in [0.15, 0.2) is 48.5 Å². The molecule has 2 N–H and O–H groups in total. The summed E-state index contributed by atoms with van der Waals surface area (Å²) in [6.45, 7) is 11.8. The molecule has 0 bridgehead atoms. The van der Waals surface area contributed by atoms with Crippen LogP contribution in [0.3, 0.4) is 0 Å². The number of piperazine rings is 1. The number of ether oxygens (including phenoxy) is 1. The molecule has 1 saturated heterocycles. The van der Waals surface area contributed by atoms with Gasteiger partial charge in [0, 0.05) is 68.3 Å². The summed E-state index contributed by atoms with van der Waals surface area (Å²) in [6.07, 6.45) is 4.36. The Hall–Kier alpha value is -2.71. The fraction of sp³-hybridized carbons (Fsp3) is 0.448. The van der Waals surface area contributed by atoms with Gasteiger partial charge >= 0.3 is 0 Å². The first-order chi connectivity index (χ1) is 17.9.